The van der Waals surface area contributed by atoms with E-state index in [1.165, 1.54) is 0 Å². The molecule has 0 radical (unpaired) electrons. The van der Waals surface area contributed by atoms with Gasteiger partial charge >= 0.3 is 0 Å². The first-order valence-corrected chi connectivity index (χ1v) is 8.89. The van der Waals surface area contributed by atoms with E-state index in [1.807, 2.05) is 37.3 Å². The molecule has 1 aromatic rings. The van der Waals surface area contributed by atoms with Crippen LogP contribution in [0.4, 0.5) is 0 Å². The van der Waals surface area contributed by atoms with Gasteiger partial charge < -0.3 is 4.74 Å². The lowest BCUT2D eigenvalue weighted by atomic mass is 9.69. The molecular weight excluding hydrogens is 288 g/mol. The first kappa shape index (κ1) is 16.4. The van der Waals surface area contributed by atoms with Gasteiger partial charge in [0.1, 0.15) is 0 Å². The largest absolute Gasteiger partial charge is 0.381 e. The Bertz CT molecular complexity index is 527. The van der Waals surface area contributed by atoms with E-state index >= 15 is 0 Å². The molecule has 0 unspecified atom stereocenters. The maximum Gasteiger partial charge on any atom is 0.277 e. The van der Waals surface area contributed by atoms with Gasteiger partial charge in [-0.15, -0.1) is 0 Å². The molecule has 1 aromatic carbocycles. The van der Waals surface area contributed by atoms with E-state index in [0.29, 0.717) is 26.3 Å². The summed E-state index contributed by atoms with van der Waals surface area (Å²) in [4.78, 5) is 0. The summed E-state index contributed by atoms with van der Waals surface area (Å²) in [5, 5.41) is 0. The van der Waals surface area contributed by atoms with Crippen molar-refractivity contribution in [3.05, 3.63) is 35.9 Å². The number of ether oxygens (including phenoxy) is 1. The fourth-order valence-electron chi connectivity index (χ4n) is 2.44. The smallest absolute Gasteiger partial charge is 0.277 e. The molecule has 2 rings (SSSR count). The molecule has 0 atom stereocenters. The molecule has 0 heterocycles. The molecule has 0 saturated heterocycles. The Balaban J connectivity index is 1.80. The summed E-state index contributed by atoms with van der Waals surface area (Å²) in [5.41, 5.74) is 0.924. The second kappa shape index (κ2) is 7.35. The minimum atomic E-state index is -3.47. The Kier molecular flexibility index (Phi) is 5.75. The van der Waals surface area contributed by atoms with Crippen LogP contribution in [0.15, 0.2) is 30.3 Å². The Morgan fingerprint density at radius 2 is 1.90 bits per heavy atom. The van der Waals surface area contributed by atoms with Crippen LogP contribution in [0.3, 0.4) is 0 Å². The molecule has 21 heavy (non-hydrogen) atoms. The number of rotatable bonds is 9. The Morgan fingerprint density at radius 1 is 1.19 bits per heavy atom. The molecule has 0 amide bonds. The average Bonchev–Trinajstić information content (AvgIpc) is 2.45. The lowest BCUT2D eigenvalue weighted by molar-refractivity contribution is 0.00266. The van der Waals surface area contributed by atoms with Gasteiger partial charge in [0.25, 0.3) is 10.2 Å². The van der Waals surface area contributed by atoms with Crippen LogP contribution in [0, 0.1) is 5.41 Å². The minimum Gasteiger partial charge on any atom is -0.381 e. The molecule has 118 valence electrons. The molecular formula is C15H24N2O3S. The molecule has 1 aliphatic carbocycles. The highest BCUT2D eigenvalue weighted by atomic mass is 32.2. The van der Waals surface area contributed by atoms with E-state index in [4.69, 9.17) is 4.74 Å². The average molecular weight is 312 g/mol. The summed E-state index contributed by atoms with van der Waals surface area (Å²) in [6, 6.07) is 9.48. The fourth-order valence-corrected chi connectivity index (χ4v) is 3.40. The molecule has 1 saturated carbocycles. The zero-order valence-corrected chi connectivity index (χ0v) is 13.3. The molecule has 0 aliphatic heterocycles. The molecule has 0 aromatic heterocycles. The van der Waals surface area contributed by atoms with Crippen LogP contribution in [-0.4, -0.2) is 28.2 Å². The summed E-state index contributed by atoms with van der Waals surface area (Å²) in [5.74, 6) is 0. The molecule has 0 spiro atoms. The molecule has 2 N–H and O–H groups in total. The van der Waals surface area contributed by atoms with Crippen molar-refractivity contribution in [2.75, 3.05) is 19.8 Å². The lowest BCUT2D eigenvalue weighted by Gasteiger charge is -2.41. The van der Waals surface area contributed by atoms with Crippen molar-refractivity contribution in [3.63, 3.8) is 0 Å². The Morgan fingerprint density at radius 3 is 2.48 bits per heavy atom. The predicted molar refractivity (Wildman–Crippen MR) is 83.0 cm³/mol. The first-order chi connectivity index (χ1) is 10.1. The third-order valence-corrected chi connectivity index (χ3v) is 5.02. The summed E-state index contributed by atoms with van der Waals surface area (Å²) in [6.45, 7) is 4.00. The normalized spacial score (nSPS) is 17.4. The van der Waals surface area contributed by atoms with E-state index in [0.717, 1.165) is 24.8 Å². The SMILES string of the molecule is CCOCC1(CNS(=O)(=O)NCc2ccccc2)CCC1. The van der Waals surface area contributed by atoms with Crippen molar-refractivity contribution in [2.45, 2.75) is 32.7 Å². The topological polar surface area (TPSA) is 67.4 Å². The van der Waals surface area contributed by atoms with Gasteiger partial charge in [0, 0.05) is 25.1 Å². The monoisotopic (exact) mass is 312 g/mol. The van der Waals surface area contributed by atoms with Gasteiger partial charge in [0.2, 0.25) is 0 Å². The van der Waals surface area contributed by atoms with Crippen molar-refractivity contribution in [2.24, 2.45) is 5.41 Å². The standard InChI is InChI=1S/C15H24N2O3S/c1-2-20-13-15(9-6-10-15)12-17-21(18,19)16-11-14-7-4-3-5-8-14/h3-5,7-8,16-17H,2,6,9-13H2,1H3. The molecule has 6 heteroatoms. The van der Waals surface area contributed by atoms with Crippen LogP contribution in [0.1, 0.15) is 31.7 Å². The van der Waals surface area contributed by atoms with Crippen LogP contribution in [-0.2, 0) is 21.5 Å². The van der Waals surface area contributed by atoms with Gasteiger partial charge in [-0.05, 0) is 25.3 Å². The van der Waals surface area contributed by atoms with E-state index in [-0.39, 0.29) is 5.41 Å². The molecule has 0 bridgehead atoms. The maximum atomic E-state index is 12.0. The van der Waals surface area contributed by atoms with Gasteiger partial charge in [-0.25, -0.2) is 4.72 Å². The van der Waals surface area contributed by atoms with Crippen molar-refractivity contribution >= 4 is 10.2 Å². The van der Waals surface area contributed by atoms with E-state index in [9.17, 15) is 8.42 Å². The third kappa shape index (κ3) is 5.07. The van der Waals surface area contributed by atoms with Gasteiger partial charge in [-0.2, -0.15) is 13.1 Å². The highest BCUT2D eigenvalue weighted by Gasteiger charge is 2.37. The second-order valence-corrected chi connectivity index (χ2v) is 7.21. The van der Waals surface area contributed by atoms with Crippen LogP contribution in [0.25, 0.3) is 0 Å². The van der Waals surface area contributed by atoms with Crippen LogP contribution in [0.2, 0.25) is 0 Å². The summed E-state index contributed by atoms with van der Waals surface area (Å²) in [6.07, 6.45) is 3.19. The van der Waals surface area contributed by atoms with Crippen LogP contribution < -0.4 is 9.44 Å². The lowest BCUT2D eigenvalue weighted by Crippen LogP contribution is -2.48. The molecule has 1 fully saturated rings. The summed E-state index contributed by atoms with van der Waals surface area (Å²) in [7, 11) is -3.47. The predicted octanol–water partition coefficient (Wildman–Crippen LogP) is 1.82. The second-order valence-electron chi connectivity index (χ2n) is 5.62. The van der Waals surface area contributed by atoms with Gasteiger partial charge in [0.15, 0.2) is 0 Å². The van der Waals surface area contributed by atoms with Crippen LogP contribution in [0.5, 0.6) is 0 Å². The molecule has 1 aliphatic rings. The highest BCUT2D eigenvalue weighted by Crippen LogP contribution is 2.40. The van der Waals surface area contributed by atoms with Crippen molar-refractivity contribution < 1.29 is 13.2 Å². The van der Waals surface area contributed by atoms with Crippen molar-refractivity contribution in [1.29, 1.82) is 0 Å². The quantitative estimate of drug-likeness (QED) is 0.731. The Hall–Kier alpha value is -0.950. The number of hydrogen-bond acceptors (Lipinski definition) is 3. The minimum absolute atomic E-state index is 0.0164. The van der Waals surface area contributed by atoms with Crippen molar-refractivity contribution in [3.8, 4) is 0 Å². The number of benzene rings is 1. The van der Waals surface area contributed by atoms with E-state index in [2.05, 4.69) is 9.44 Å². The number of hydrogen-bond donors (Lipinski definition) is 2. The Labute approximate surface area is 127 Å². The summed E-state index contributed by atoms with van der Waals surface area (Å²) < 4.78 is 34.7. The maximum absolute atomic E-state index is 12.0. The zero-order valence-electron chi connectivity index (χ0n) is 12.5. The van der Waals surface area contributed by atoms with Gasteiger partial charge in [-0.3, -0.25) is 0 Å². The number of nitrogens with one attached hydrogen (secondary N) is 2. The zero-order chi connectivity index (χ0) is 15.2. The third-order valence-electron chi connectivity index (χ3n) is 3.97. The molecule has 5 nitrogen and oxygen atoms in total. The van der Waals surface area contributed by atoms with Gasteiger partial charge in [-0.1, -0.05) is 36.8 Å². The van der Waals surface area contributed by atoms with Crippen molar-refractivity contribution in [1.82, 2.24) is 9.44 Å². The fraction of sp³-hybridized carbons (Fsp3) is 0.600. The van der Waals surface area contributed by atoms with E-state index < -0.39 is 10.2 Å². The first-order valence-electron chi connectivity index (χ1n) is 7.41. The van der Waals surface area contributed by atoms with E-state index in [1.54, 1.807) is 0 Å². The highest BCUT2D eigenvalue weighted by molar-refractivity contribution is 7.87. The van der Waals surface area contributed by atoms with Gasteiger partial charge in [0.05, 0.1) is 6.61 Å². The van der Waals surface area contributed by atoms with Crippen LogP contribution >= 0.6 is 0 Å². The summed E-state index contributed by atoms with van der Waals surface area (Å²) >= 11 is 0.